The van der Waals surface area contributed by atoms with Gasteiger partial charge in [-0.15, -0.1) is 0 Å². The van der Waals surface area contributed by atoms with E-state index in [-0.39, 0.29) is 0 Å². The van der Waals surface area contributed by atoms with Crippen molar-refractivity contribution in [2.45, 2.75) is 51.0 Å². The maximum atomic E-state index is 4.38. The molecule has 1 N–H and O–H groups in total. The van der Waals surface area contributed by atoms with E-state index in [0.717, 1.165) is 30.1 Å². The Kier molecular flexibility index (Phi) is 3.64. The van der Waals surface area contributed by atoms with Gasteiger partial charge in [0.25, 0.3) is 0 Å². The first-order valence-corrected chi connectivity index (χ1v) is 7.39. The molecule has 1 aromatic heterocycles. The van der Waals surface area contributed by atoms with E-state index in [1.165, 1.54) is 45.1 Å². The van der Waals surface area contributed by atoms with Gasteiger partial charge in [-0.1, -0.05) is 12.8 Å². The molecule has 0 spiro atoms. The van der Waals surface area contributed by atoms with Crippen molar-refractivity contribution in [3.8, 4) is 0 Å². The minimum atomic E-state index is 0.799. The molecule has 0 saturated heterocycles. The van der Waals surface area contributed by atoms with Crippen molar-refractivity contribution in [1.29, 1.82) is 0 Å². The molecule has 1 aromatic rings. The van der Waals surface area contributed by atoms with Gasteiger partial charge in [-0.3, -0.25) is 4.68 Å². The van der Waals surface area contributed by atoms with E-state index in [4.69, 9.17) is 0 Å². The van der Waals surface area contributed by atoms with Gasteiger partial charge >= 0.3 is 0 Å². The molecule has 0 bridgehead atoms. The molecule has 18 heavy (non-hydrogen) atoms. The van der Waals surface area contributed by atoms with Crippen molar-refractivity contribution < 1.29 is 0 Å². The van der Waals surface area contributed by atoms with Gasteiger partial charge in [0.1, 0.15) is 12.2 Å². The lowest BCUT2D eigenvalue weighted by atomic mass is 9.77. The first-order valence-electron chi connectivity index (χ1n) is 7.39. The SMILES string of the molecule is Cn1ncnc1CC1CCCCC1CNC1CC1. The molecule has 2 unspecified atom stereocenters. The van der Waals surface area contributed by atoms with Crippen LogP contribution < -0.4 is 5.32 Å². The normalized spacial score (nSPS) is 28.5. The maximum absolute atomic E-state index is 4.38. The zero-order valence-corrected chi connectivity index (χ0v) is 11.3. The topological polar surface area (TPSA) is 42.7 Å². The molecule has 3 rings (SSSR count). The van der Waals surface area contributed by atoms with Gasteiger partial charge in [0.2, 0.25) is 0 Å². The van der Waals surface area contributed by atoms with Crippen LogP contribution in [0.2, 0.25) is 0 Å². The van der Waals surface area contributed by atoms with Crippen LogP contribution in [0.5, 0.6) is 0 Å². The summed E-state index contributed by atoms with van der Waals surface area (Å²) in [6, 6.07) is 0.836. The van der Waals surface area contributed by atoms with E-state index in [1.54, 1.807) is 6.33 Å². The number of hydrogen-bond donors (Lipinski definition) is 1. The minimum Gasteiger partial charge on any atom is -0.314 e. The smallest absolute Gasteiger partial charge is 0.138 e. The summed E-state index contributed by atoms with van der Waals surface area (Å²) >= 11 is 0. The number of rotatable bonds is 5. The summed E-state index contributed by atoms with van der Waals surface area (Å²) in [4.78, 5) is 4.38. The highest BCUT2D eigenvalue weighted by molar-refractivity contribution is 4.91. The first kappa shape index (κ1) is 12.2. The zero-order valence-electron chi connectivity index (χ0n) is 11.3. The van der Waals surface area contributed by atoms with E-state index < -0.39 is 0 Å². The van der Waals surface area contributed by atoms with E-state index in [0.29, 0.717) is 0 Å². The Labute approximate surface area is 109 Å². The molecular formula is C14H24N4. The maximum Gasteiger partial charge on any atom is 0.138 e. The number of aromatic nitrogens is 3. The number of nitrogens with one attached hydrogen (secondary N) is 1. The lowest BCUT2D eigenvalue weighted by molar-refractivity contribution is 0.223. The van der Waals surface area contributed by atoms with Gasteiger partial charge in [0.15, 0.2) is 0 Å². The highest BCUT2D eigenvalue weighted by Crippen LogP contribution is 2.32. The first-order chi connectivity index (χ1) is 8.83. The molecule has 0 amide bonds. The fraction of sp³-hybridized carbons (Fsp3) is 0.857. The Hall–Kier alpha value is -0.900. The summed E-state index contributed by atoms with van der Waals surface area (Å²) in [5.41, 5.74) is 0. The summed E-state index contributed by atoms with van der Waals surface area (Å²) in [5.74, 6) is 2.79. The molecule has 1 heterocycles. The summed E-state index contributed by atoms with van der Waals surface area (Å²) < 4.78 is 1.93. The Morgan fingerprint density at radius 1 is 1.22 bits per heavy atom. The summed E-state index contributed by atoms with van der Waals surface area (Å²) in [6.45, 7) is 1.22. The third kappa shape index (κ3) is 2.91. The quantitative estimate of drug-likeness (QED) is 0.865. The minimum absolute atomic E-state index is 0.799. The molecule has 100 valence electrons. The second-order valence-corrected chi connectivity index (χ2v) is 5.99. The molecule has 0 aliphatic heterocycles. The molecular weight excluding hydrogens is 224 g/mol. The highest BCUT2D eigenvalue weighted by atomic mass is 15.3. The Bertz CT molecular complexity index is 383. The Balaban J connectivity index is 1.58. The molecule has 4 nitrogen and oxygen atoms in total. The van der Waals surface area contributed by atoms with E-state index in [2.05, 4.69) is 15.4 Å². The van der Waals surface area contributed by atoms with Crippen LogP contribution in [-0.4, -0.2) is 27.4 Å². The Morgan fingerprint density at radius 2 is 2.00 bits per heavy atom. The fourth-order valence-electron chi connectivity index (χ4n) is 3.17. The van der Waals surface area contributed by atoms with Crippen LogP contribution in [-0.2, 0) is 13.5 Å². The van der Waals surface area contributed by atoms with Crippen molar-refractivity contribution in [3.05, 3.63) is 12.2 Å². The van der Waals surface area contributed by atoms with Crippen LogP contribution in [0.3, 0.4) is 0 Å². The average Bonchev–Trinajstić information content (AvgIpc) is 3.13. The van der Waals surface area contributed by atoms with Crippen LogP contribution >= 0.6 is 0 Å². The van der Waals surface area contributed by atoms with Gasteiger partial charge in [0, 0.05) is 19.5 Å². The zero-order chi connectivity index (χ0) is 12.4. The molecule has 0 aromatic carbocycles. The molecule has 0 radical (unpaired) electrons. The van der Waals surface area contributed by atoms with Crippen LogP contribution in [0.15, 0.2) is 6.33 Å². The monoisotopic (exact) mass is 248 g/mol. The Morgan fingerprint density at radius 3 is 2.67 bits per heavy atom. The van der Waals surface area contributed by atoms with Gasteiger partial charge < -0.3 is 5.32 Å². The molecule has 2 fully saturated rings. The van der Waals surface area contributed by atoms with Crippen molar-refractivity contribution in [2.75, 3.05) is 6.54 Å². The second kappa shape index (κ2) is 5.39. The lowest BCUT2D eigenvalue weighted by Gasteiger charge is -2.31. The fourth-order valence-corrected chi connectivity index (χ4v) is 3.17. The molecule has 2 aliphatic rings. The summed E-state index contributed by atoms with van der Waals surface area (Å²) in [7, 11) is 2.00. The van der Waals surface area contributed by atoms with Crippen molar-refractivity contribution in [1.82, 2.24) is 20.1 Å². The second-order valence-electron chi connectivity index (χ2n) is 5.99. The van der Waals surface area contributed by atoms with Crippen molar-refractivity contribution in [2.24, 2.45) is 18.9 Å². The average molecular weight is 248 g/mol. The third-order valence-electron chi connectivity index (χ3n) is 4.56. The lowest BCUT2D eigenvalue weighted by Crippen LogP contribution is -2.33. The van der Waals surface area contributed by atoms with Crippen molar-refractivity contribution in [3.63, 3.8) is 0 Å². The number of nitrogens with zero attached hydrogens (tertiary/aromatic N) is 3. The molecule has 4 heteroatoms. The standard InChI is InChI=1S/C14H24N4/c1-18-14(16-10-17-18)8-11-4-2-3-5-12(11)9-15-13-6-7-13/h10-13,15H,2-9H2,1H3. The van der Waals surface area contributed by atoms with E-state index >= 15 is 0 Å². The molecule has 2 saturated carbocycles. The summed E-state index contributed by atoms with van der Waals surface area (Å²) in [5, 5.41) is 7.89. The predicted octanol–water partition coefficient (Wildman–Crippen LogP) is 1.92. The van der Waals surface area contributed by atoms with Crippen LogP contribution in [0.4, 0.5) is 0 Å². The van der Waals surface area contributed by atoms with Crippen LogP contribution in [0.1, 0.15) is 44.3 Å². The van der Waals surface area contributed by atoms with Crippen LogP contribution in [0.25, 0.3) is 0 Å². The predicted molar refractivity (Wildman–Crippen MR) is 71.2 cm³/mol. The van der Waals surface area contributed by atoms with E-state index in [9.17, 15) is 0 Å². The van der Waals surface area contributed by atoms with Gasteiger partial charge in [-0.2, -0.15) is 5.10 Å². The summed E-state index contributed by atoms with van der Waals surface area (Å²) in [6.07, 6.45) is 11.1. The molecule has 2 atom stereocenters. The third-order valence-corrected chi connectivity index (χ3v) is 4.56. The number of hydrogen-bond acceptors (Lipinski definition) is 3. The van der Waals surface area contributed by atoms with Gasteiger partial charge in [-0.25, -0.2) is 4.98 Å². The molecule has 2 aliphatic carbocycles. The van der Waals surface area contributed by atoms with Crippen molar-refractivity contribution >= 4 is 0 Å². The highest BCUT2D eigenvalue weighted by Gasteiger charge is 2.28. The van der Waals surface area contributed by atoms with Crippen LogP contribution in [0, 0.1) is 11.8 Å². The van der Waals surface area contributed by atoms with Gasteiger partial charge in [0.05, 0.1) is 0 Å². The largest absolute Gasteiger partial charge is 0.314 e. The van der Waals surface area contributed by atoms with Gasteiger partial charge in [-0.05, 0) is 44.1 Å². The van der Waals surface area contributed by atoms with E-state index in [1.807, 2.05) is 11.7 Å². The number of aryl methyl sites for hydroxylation is 1.